The summed E-state index contributed by atoms with van der Waals surface area (Å²) in [5.74, 6) is -0.769. The van der Waals surface area contributed by atoms with Crippen LogP contribution in [0.2, 0.25) is 0 Å². The molecular weight excluding hydrogens is 248 g/mol. The predicted molar refractivity (Wildman–Crippen MR) is 62.4 cm³/mol. The average molecular weight is 256 g/mol. The topological polar surface area (TPSA) is 52.6 Å². The van der Waals surface area contributed by atoms with E-state index in [0.717, 1.165) is 9.40 Å². The van der Waals surface area contributed by atoms with Crippen molar-refractivity contribution in [2.75, 3.05) is 14.2 Å². The molecule has 84 valence electrons. The standard InChI is InChI=1S/C10H8O4S2/c1-13-9(11)5-3-15-8-6(10(12)14-2)4-16-7(5)8/h3-4H,1-2H3. The highest BCUT2D eigenvalue weighted by molar-refractivity contribution is 7.27. The Balaban J connectivity index is 2.56. The van der Waals surface area contributed by atoms with Crippen molar-refractivity contribution in [1.29, 1.82) is 0 Å². The summed E-state index contributed by atoms with van der Waals surface area (Å²) in [7, 11) is 2.67. The largest absolute Gasteiger partial charge is 0.465 e. The lowest BCUT2D eigenvalue weighted by molar-refractivity contribution is 0.0594. The van der Waals surface area contributed by atoms with Crippen molar-refractivity contribution in [3.8, 4) is 0 Å². The Morgan fingerprint density at radius 3 is 1.62 bits per heavy atom. The van der Waals surface area contributed by atoms with Crippen LogP contribution in [0.3, 0.4) is 0 Å². The number of rotatable bonds is 2. The lowest BCUT2D eigenvalue weighted by Gasteiger charge is -1.93. The third-order valence-corrected chi connectivity index (χ3v) is 4.25. The molecule has 0 bridgehead atoms. The molecule has 0 saturated heterocycles. The van der Waals surface area contributed by atoms with Gasteiger partial charge in [0.2, 0.25) is 0 Å². The number of hydrogen-bond donors (Lipinski definition) is 0. The van der Waals surface area contributed by atoms with E-state index in [0.29, 0.717) is 11.1 Å². The number of fused-ring (bicyclic) bond motifs is 1. The molecule has 6 heteroatoms. The van der Waals surface area contributed by atoms with Gasteiger partial charge in [-0.2, -0.15) is 0 Å². The second-order valence-electron chi connectivity index (χ2n) is 2.94. The van der Waals surface area contributed by atoms with Crippen LogP contribution in [0, 0.1) is 0 Å². The van der Waals surface area contributed by atoms with E-state index in [9.17, 15) is 9.59 Å². The van der Waals surface area contributed by atoms with Crippen LogP contribution in [0.25, 0.3) is 9.40 Å². The Labute approximate surface area is 99.4 Å². The first kappa shape index (κ1) is 11.1. The summed E-state index contributed by atoms with van der Waals surface area (Å²) in [5, 5.41) is 3.39. The number of esters is 2. The van der Waals surface area contributed by atoms with Gasteiger partial charge in [-0.1, -0.05) is 0 Å². The van der Waals surface area contributed by atoms with Gasteiger partial charge in [-0.3, -0.25) is 0 Å². The normalized spacial score (nSPS) is 10.4. The average Bonchev–Trinajstić information content (AvgIpc) is 2.87. The highest BCUT2D eigenvalue weighted by atomic mass is 32.1. The zero-order chi connectivity index (χ0) is 11.7. The quantitative estimate of drug-likeness (QED) is 0.775. The number of hydrogen-bond acceptors (Lipinski definition) is 6. The predicted octanol–water partition coefficient (Wildman–Crippen LogP) is 2.54. The summed E-state index contributed by atoms with van der Waals surface area (Å²) in [6, 6.07) is 0. The molecule has 0 spiro atoms. The van der Waals surface area contributed by atoms with Crippen LogP contribution in [0.5, 0.6) is 0 Å². The Morgan fingerprint density at radius 1 is 0.938 bits per heavy atom. The maximum absolute atomic E-state index is 11.4. The van der Waals surface area contributed by atoms with E-state index in [1.807, 2.05) is 0 Å². The van der Waals surface area contributed by atoms with Crippen LogP contribution in [0.4, 0.5) is 0 Å². The van der Waals surface area contributed by atoms with E-state index in [-0.39, 0.29) is 11.9 Å². The van der Waals surface area contributed by atoms with Crippen molar-refractivity contribution < 1.29 is 19.1 Å². The third-order valence-electron chi connectivity index (χ3n) is 2.10. The fourth-order valence-corrected chi connectivity index (χ4v) is 3.63. The number of thiophene rings is 2. The molecule has 0 aromatic carbocycles. The van der Waals surface area contributed by atoms with E-state index in [1.54, 1.807) is 10.8 Å². The maximum Gasteiger partial charge on any atom is 0.340 e. The number of ether oxygens (including phenoxy) is 2. The summed E-state index contributed by atoms with van der Waals surface area (Å²) in [4.78, 5) is 22.8. The van der Waals surface area contributed by atoms with Gasteiger partial charge >= 0.3 is 11.9 Å². The van der Waals surface area contributed by atoms with Gasteiger partial charge in [-0.15, -0.1) is 22.7 Å². The molecule has 0 unspecified atom stereocenters. The second kappa shape index (κ2) is 4.23. The van der Waals surface area contributed by atoms with Crippen molar-refractivity contribution in [3.05, 3.63) is 21.9 Å². The van der Waals surface area contributed by atoms with Crippen LogP contribution in [-0.4, -0.2) is 26.2 Å². The van der Waals surface area contributed by atoms with Crippen LogP contribution >= 0.6 is 22.7 Å². The molecule has 0 saturated carbocycles. The molecule has 2 aromatic heterocycles. The van der Waals surface area contributed by atoms with Gasteiger partial charge in [0.25, 0.3) is 0 Å². The molecule has 0 atom stereocenters. The van der Waals surface area contributed by atoms with Gasteiger partial charge in [0, 0.05) is 10.8 Å². The molecule has 16 heavy (non-hydrogen) atoms. The van der Waals surface area contributed by atoms with Gasteiger partial charge < -0.3 is 9.47 Å². The summed E-state index contributed by atoms with van der Waals surface area (Å²) in [6.45, 7) is 0. The van der Waals surface area contributed by atoms with Crippen molar-refractivity contribution in [3.63, 3.8) is 0 Å². The van der Waals surface area contributed by atoms with Crippen molar-refractivity contribution in [2.45, 2.75) is 0 Å². The highest BCUT2D eigenvalue weighted by Crippen LogP contribution is 2.35. The minimum Gasteiger partial charge on any atom is -0.465 e. The van der Waals surface area contributed by atoms with Gasteiger partial charge in [-0.05, 0) is 0 Å². The van der Waals surface area contributed by atoms with Crippen LogP contribution in [0.15, 0.2) is 10.8 Å². The van der Waals surface area contributed by atoms with Crippen LogP contribution in [0.1, 0.15) is 20.7 Å². The molecule has 0 radical (unpaired) electrons. The fraction of sp³-hybridized carbons (Fsp3) is 0.200. The van der Waals surface area contributed by atoms with E-state index < -0.39 is 0 Å². The smallest absolute Gasteiger partial charge is 0.340 e. The van der Waals surface area contributed by atoms with E-state index in [2.05, 4.69) is 9.47 Å². The molecule has 0 aliphatic rings. The Bertz CT molecular complexity index is 502. The molecule has 0 fully saturated rings. The highest BCUT2D eigenvalue weighted by Gasteiger charge is 2.20. The Hall–Kier alpha value is -1.40. The minimum atomic E-state index is -0.385. The number of carbonyl (C=O) groups excluding carboxylic acids is 2. The first-order valence-corrected chi connectivity index (χ1v) is 6.10. The summed E-state index contributed by atoms with van der Waals surface area (Å²) in [5.41, 5.74) is 1.00. The van der Waals surface area contributed by atoms with Crippen molar-refractivity contribution in [2.24, 2.45) is 0 Å². The van der Waals surface area contributed by atoms with Gasteiger partial charge in [0.1, 0.15) is 0 Å². The minimum absolute atomic E-state index is 0.385. The third kappa shape index (κ3) is 1.60. The van der Waals surface area contributed by atoms with E-state index >= 15 is 0 Å². The monoisotopic (exact) mass is 256 g/mol. The van der Waals surface area contributed by atoms with Crippen LogP contribution in [-0.2, 0) is 9.47 Å². The SMILES string of the molecule is COC(=O)c1csc2c(C(=O)OC)csc12. The van der Waals surface area contributed by atoms with Gasteiger partial charge in [0.05, 0.1) is 34.7 Å². The second-order valence-corrected chi connectivity index (χ2v) is 4.70. The molecule has 2 rings (SSSR count). The van der Waals surface area contributed by atoms with Crippen LogP contribution < -0.4 is 0 Å². The molecular formula is C10H8O4S2. The molecule has 2 aromatic rings. The first-order valence-electron chi connectivity index (χ1n) is 4.34. The van der Waals surface area contributed by atoms with Crippen molar-refractivity contribution >= 4 is 44.0 Å². The molecule has 2 heterocycles. The Morgan fingerprint density at radius 2 is 1.31 bits per heavy atom. The molecule has 0 aliphatic carbocycles. The van der Waals surface area contributed by atoms with E-state index in [4.69, 9.17) is 0 Å². The molecule has 0 aliphatic heterocycles. The number of methoxy groups -OCH3 is 2. The zero-order valence-electron chi connectivity index (χ0n) is 8.60. The molecule has 0 N–H and O–H groups in total. The lowest BCUT2D eigenvalue weighted by atomic mass is 10.2. The fourth-order valence-electron chi connectivity index (χ4n) is 1.32. The molecule has 4 nitrogen and oxygen atoms in total. The molecule has 0 amide bonds. The number of carbonyl (C=O) groups is 2. The first-order chi connectivity index (χ1) is 7.69. The van der Waals surface area contributed by atoms with E-state index in [1.165, 1.54) is 36.9 Å². The van der Waals surface area contributed by atoms with Crippen molar-refractivity contribution in [1.82, 2.24) is 0 Å². The summed E-state index contributed by atoms with van der Waals surface area (Å²) < 4.78 is 10.9. The summed E-state index contributed by atoms with van der Waals surface area (Å²) >= 11 is 2.69. The van der Waals surface area contributed by atoms with Gasteiger partial charge in [-0.25, -0.2) is 9.59 Å². The lowest BCUT2D eigenvalue weighted by Crippen LogP contribution is -1.99. The Kier molecular flexibility index (Phi) is 2.93. The zero-order valence-corrected chi connectivity index (χ0v) is 10.2. The maximum atomic E-state index is 11.4. The summed E-state index contributed by atoms with van der Waals surface area (Å²) in [6.07, 6.45) is 0. The van der Waals surface area contributed by atoms with Gasteiger partial charge in [0.15, 0.2) is 0 Å².